The Balaban J connectivity index is 2.38. The van der Waals surface area contributed by atoms with E-state index in [2.05, 4.69) is 48.8 Å². The Morgan fingerprint density at radius 2 is 2.12 bits per heavy atom. The average molecular weight is 223 g/mol. The van der Waals surface area contributed by atoms with Crippen LogP contribution in [-0.4, -0.2) is 16.1 Å². The molecule has 16 heavy (non-hydrogen) atoms. The Labute approximate surface area is 99.3 Å². The molecule has 1 heterocycles. The maximum atomic E-state index is 4.34. The summed E-state index contributed by atoms with van der Waals surface area (Å²) in [5.74, 6) is 1.01. The molecule has 1 rings (SSSR count). The van der Waals surface area contributed by atoms with Gasteiger partial charge in [-0.1, -0.05) is 34.1 Å². The van der Waals surface area contributed by atoms with Crippen LogP contribution in [0, 0.1) is 5.41 Å². The number of nitrogens with zero attached hydrogens (tertiary/aromatic N) is 2. The molecule has 0 spiro atoms. The van der Waals surface area contributed by atoms with Crippen LogP contribution >= 0.6 is 0 Å². The van der Waals surface area contributed by atoms with Gasteiger partial charge in [0.05, 0.1) is 0 Å². The Morgan fingerprint density at radius 1 is 1.38 bits per heavy atom. The number of nitrogens with one attached hydrogen (secondary N) is 1. The van der Waals surface area contributed by atoms with E-state index in [9.17, 15) is 0 Å². The molecule has 1 N–H and O–H groups in total. The van der Waals surface area contributed by atoms with Gasteiger partial charge in [-0.25, -0.2) is 4.98 Å². The highest BCUT2D eigenvalue weighted by molar-refractivity contribution is 5.25. The maximum absolute atomic E-state index is 4.34. The first kappa shape index (κ1) is 13.1. The molecule has 1 aromatic heterocycles. The molecule has 0 fully saturated rings. The molecule has 0 bridgehead atoms. The summed E-state index contributed by atoms with van der Waals surface area (Å²) >= 11 is 0. The van der Waals surface area contributed by atoms with Gasteiger partial charge < -0.3 is 9.88 Å². The van der Waals surface area contributed by atoms with Crippen molar-refractivity contribution in [3.05, 3.63) is 12.4 Å². The molecule has 0 aliphatic rings. The molecule has 0 amide bonds. The second-order valence-electron chi connectivity index (χ2n) is 5.54. The summed E-state index contributed by atoms with van der Waals surface area (Å²) in [4.78, 5) is 4.34. The van der Waals surface area contributed by atoms with Crippen molar-refractivity contribution < 1.29 is 0 Å². The lowest BCUT2D eigenvalue weighted by molar-refractivity contribution is 0.389. The molecule has 0 saturated heterocycles. The maximum Gasteiger partial charge on any atom is 0.202 e. The van der Waals surface area contributed by atoms with Crippen LogP contribution in [0.4, 0.5) is 5.95 Å². The van der Waals surface area contributed by atoms with E-state index in [0.29, 0.717) is 5.41 Å². The van der Waals surface area contributed by atoms with Gasteiger partial charge in [0.15, 0.2) is 0 Å². The molecule has 0 aromatic carbocycles. The van der Waals surface area contributed by atoms with E-state index < -0.39 is 0 Å². The molecule has 0 saturated carbocycles. The Bertz CT molecular complexity index is 296. The molecule has 0 aliphatic heterocycles. The van der Waals surface area contributed by atoms with Gasteiger partial charge in [0.2, 0.25) is 5.95 Å². The number of aromatic nitrogens is 2. The van der Waals surface area contributed by atoms with Gasteiger partial charge in [0, 0.05) is 25.5 Å². The van der Waals surface area contributed by atoms with Crippen LogP contribution in [0.3, 0.4) is 0 Å². The van der Waals surface area contributed by atoms with Gasteiger partial charge >= 0.3 is 0 Å². The largest absolute Gasteiger partial charge is 0.356 e. The lowest BCUT2D eigenvalue weighted by Gasteiger charge is -2.18. The van der Waals surface area contributed by atoms with Crippen molar-refractivity contribution in [3.8, 4) is 0 Å². The van der Waals surface area contributed by atoms with Gasteiger partial charge in [0.25, 0.3) is 0 Å². The van der Waals surface area contributed by atoms with Crippen molar-refractivity contribution in [3.63, 3.8) is 0 Å². The van der Waals surface area contributed by atoms with Gasteiger partial charge in [0.1, 0.15) is 0 Å². The molecule has 0 radical (unpaired) electrons. The van der Waals surface area contributed by atoms with Gasteiger partial charge in [-0.3, -0.25) is 0 Å². The molecule has 0 unspecified atom stereocenters. The van der Waals surface area contributed by atoms with Crippen molar-refractivity contribution in [1.82, 2.24) is 9.55 Å². The molecule has 0 aliphatic carbocycles. The third kappa shape index (κ3) is 4.69. The molecule has 0 atom stereocenters. The molecule has 3 heteroatoms. The number of anilines is 1. The third-order valence-electron chi connectivity index (χ3n) is 2.63. The first-order valence-electron chi connectivity index (χ1n) is 6.28. The van der Waals surface area contributed by atoms with Gasteiger partial charge in [-0.05, 0) is 18.3 Å². The normalized spacial score (nSPS) is 11.8. The van der Waals surface area contributed by atoms with E-state index in [0.717, 1.165) is 25.5 Å². The molecular weight excluding hydrogens is 198 g/mol. The number of rotatable bonds is 6. The SMILES string of the molecule is CCCCn1ccnc1NCCC(C)(C)C. The molecule has 3 nitrogen and oxygen atoms in total. The minimum atomic E-state index is 0.383. The Kier molecular flexibility index (Phi) is 4.84. The van der Waals surface area contributed by atoms with Crippen LogP contribution in [0.2, 0.25) is 0 Å². The quantitative estimate of drug-likeness (QED) is 0.799. The monoisotopic (exact) mass is 223 g/mol. The summed E-state index contributed by atoms with van der Waals surface area (Å²) in [6.45, 7) is 11.1. The molecular formula is C13H25N3. The summed E-state index contributed by atoms with van der Waals surface area (Å²) in [6.07, 6.45) is 7.52. The van der Waals surface area contributed by atoms with Crippen LogP contribution < -0.4 is 5.32 Å². The zero-order valence-corrected chi connectivity index (χ0v) is 11.1. The smallest absolute Gasteiger partial charge is 0.202 e. The van der Waals surface area contributed by atoms with Gasteiger partial charge in [-0.15, -0.1) is 0 Å². The number of hydrogen-bond acceptors (Lipinski definition) is 2. The zero-order valence-electron chi connectivity index (χ0n) is 11.1. The van der Waals surface area contributed by atoms with Crippen molar-refractivity contribution in [2.45, 2.75) is 53.5 Å². The second kappa shape index (κ2) is 5.92. The van der Waals surface area contributed by atoms with Crippen molar-refractivity contribution in [2.75, 3.05) is 11.9 Å². The van der Waals surface area contributed by atoms with Gasteiger partial charge in [-0.2, -0.15) is 0 Å². The van der Waals surface area contributed by atoms with Crippen LogP contribution in [-0.2, 0) is 6.54 Å². The van der Waals surface area contributed by atoms with Crippen LogP contribution in [0.15, 0.2) is 12.4 Å². The van der Waals surface area contributed by atoms with E-state index in [4.69, 9.17) is 0 Å². The number of imidazole rings is 1. The summed E-state index contributed by atoms with van der Waals surface area (Å²) in [5.41, 5.74) is 0.383. The molecule has 92 valence electrons. The Morgan fingerprint density at radius 3 is 2.75 bits per heavy atom. The van der Waals surface area contributed by atoms with Crippen LogP contribution in [0.5, 0.6) is 0 Å². The first-order valence-corrected chi connectivity index (χ1v) is 6.28. The topological polar surface area (TPSA) is 29.9 Å². The lowest BCUT2D eigenvalue weighted by Crippen LogP contribution is -2.15. The highest BCUT2D eigenvalue weighted by Crippen LogP contribution is 2.18. The first-order chi connectivity index (χ1) is 7.53. The highest BCUT2D eigenvalue weighted by atomic mass is 15.2. The van der Waals surface area contributed by atoms with E-state index in [1.807, 2.05) is 6.20 Å². The van der Waals surface area contributed by atoms with E-state index in [1.54, 1.807) is 0 Å². The molecule has 1 aromatic rings. The minimum Gasteiger partial charge on any atom is -0.356 e. The fraction of sp³-hybridized carbons (Fsp3) is 0.769. The van der Waals surface area contributed by atoms with E-state index >= 15 is 0 Å². The van der Waals surface area contributed by atoms with Crippen LogP contribution in [0.25, 0.3) is 0 Å². The zero-order chi connectivity index (χ0) is 12.0. The Hall–Kier alpha value is -0.990. The van der Waals surface area contributed by atoms with Crippen molar-refractivity contribution in [2.24, 2.45) is 5.41 Å². The summed E-state index contributed by atoms with van der Waals surface area (Å²) < 4.78 is 2.20. The van der Waals surface area contributed by atoms with E-state index in [-0.39, 0.29) is 0 Å². The summed E-state index contributed by atoms with van der Waals surface area (Å²) in [5, 5.41) is 3.41. The highest BCUT2D eigenvalue weighted by Gasteiger charge is 2.10. The number of aryl methyl sites for hydroxylation is 1. The van der Waals surface area contributed by atoms with Crippen LogP contribution in [0.1, 0.15) is 47.0 Å². The number of hydrogen-bond donors (Lipinski definition) is 1. The fourth-order valence-electron chi connectivity index (χ4n) is 1.53. The van der Waals surface area contributed by atoms with E-state index in [1.165, 1.54) is 12.8 Å². The third-order valence-corrected chi connectivity index (χ3v) is 2.63. The predicted octanol–water partition coefficient (Wildman–Crippen LogP) is 3.53. The lowest BCUT2D eigenvalue weighted by atomic mass is 9.92. The summed E-state index contributed by atoms with van der Waals surface area (Å²) in [7, 11) is 0. The summed E-state index contributed by atoms with van der Waals surface area (Å²) in [6, 6.07) is 0. The standard InChI is InChI=1S/C13H25N3/c1-5-6-10-16-11-9-15-12(16)14-8-7-13(2,3)4/h9,11H,5-8,10H2,1-4H3,(H,14,15). The average Bonchev–Trinajstić information content (AvgIpc) is 2.60. The van der Waals surface area contributed by atoms with Crippen molar-refractivity contribution in [1.29, 1.82) is 0 Å². The van der Waals surface area contributed by atoms with Crippen molar-refractivity contribution >= 4 is 5.95 Å². The number of unbranched alkanes of at least 4 members (excludes halogenated alkanes) is 1. The predicted molar refractivity (Wildman–Crippen MR) is 69.7 cm³/mol. The second-order valence-corrected chi connectivity index (χ2v) is 5.54. The fourth-order valence-corrected chi connectivity index (χ4v) is 1.53. The minimum absolute atomic E-state index is 0.383.